The number of benzene rings is 3. The molecule has 4 atom stereocenters. The van der Waals surface area contributed by atoms with Crippen molar-refractivity contribution in [1.82, 2.24) is 5.32 Å². The number of carbonyl (C=O) groups excluding carboxylic acids is 1. The normalized spacial score (nSPS) is 27.3. The number of hydrogen-bond acceptors (Lipinski definition) is 4. The summed E-state index contributed by atoms with van der Waals surface area (Å²) in [4.78, 5) is 13.7. The summed E-state index contributed by atoms with van der Waals surface area (Å²) in [6.45, 7) is 2.66. The Kier molecular flexibility index (Phi) is 5.00. The second-order valence-corrected chi connectivity index (χ2v) is 11.1. The Morgan fingerprint density at radius 3 is 2.78 bits per heavy atom. The Morgan fingerprint density at radius 2 is 2.00 bits per heavy atom. The molecule has 1 fully saturated rings. The molecular formula is C29H25ClF2N2O3. The van der Waals surface area contributed by atoms with E-state index in [2.05, 4.69) is 10.6 Å². The third kappa shape index (κ3) is 3.17. The van der Waals surface area contributed by atoms with Gasteiger partial charge in [0.05, 0.1) is 22.7 Å². The van der Waals surface area contributed by atoms with Gasteiger partial charge in [-0.2, -0.15) is 0 Å². The molecule has 4 bridgehead atoms. The minimum atomic E-state index is -0.901. The van der Waals surface area contributed by atoms with E-state index in [4.69, 9.17) is 16.3 Å². The predicted molar refractivity (Wildman–Crippen MR) is 136 cm³/mol. The topological polar surface area (TPSA) is 70.6 Å². The van der Waals surface area contributed by atoms with Crippen molar-refractivity contribution in [2.45, 2.75) is 50.4 Å². The highest BCUT2D eigenvalue weighted by Gasteiger charge is 2.50. The molecule has 4 aliphatic rings. The third-order valence-corrected chi connectivity index (χ3v) is 8.90. The number of fused-ring (bicyclic) bond motifs is 7. The number of aliphatic hydroxyl groups excluding tert-OH is 1. The van der Waals surface area contributed by atoms with Gasteiger partial charge in [0.15, 0.2) is 5.60 Å². The molecule has 37 heavy (non-hydrogen) atoms. The fraction of sp³-hybridized carbons (Fsp3) is 0.345. The van der Waals surface area contributed by atoms with Crippen molar-refractivity contribution in [2.24, 2.45) is 5.92 Å². The summed E-state index contributed by atoms with van der Waals surface area (Å²) < 4.78 is 38.4. The van der Waals surface area contributed by atoms with Gasteiger partial charge in [-0.05, 0) is 66.6 Å². The Morgan fingerprint density at radius 1 is 1.16 bits per heavy atom. The first kappa shape index (κ1) is 23.1. The molecule has 3 N–H and O–H groups in total. The van der Waals surface area contributed by atoms with Crippen LogP contribution in [0.2, 0.25) is 5.02 Å². The molecule has 3 aromatic rings. The summed E-state index contributed by atoms with van der Waals surface area (Å²) in [6, 6.07) is 10.2. The first-order chi connectivity index (χ1) is 17.8. The Hall–Kier alpha value is -3.00. The van der Waals surface area contributed by atoms with Crippen molar-refractivity contribution in [3.63, 3.8) is 0 Å². The van der Waals surface area contributed by atoms with E-state index >= 15 is 8.78 Å². The fourth-order valence-corrected chi connectivity index (χ4v) is 6.97. The van der Waals surface area contributed by atoms with Crippen LogP contribution in [0.4, 0.5) is 14.5 Å². The van der Waals surface area contributed by atoms with Crippen LogP contribution in [0.3, 0.4) is 0 Å². The number of halogens is 3. The van der Waals surface area contributed by atoms with Gasteiger partial charge in [0.2, 0.25) is 0 Å². The lowest BCUT2D eigenvalue weighted by Gasteiger charge is -2.35. The summed E-state index contributed by atoms with van der Waals surface area (Å²) >= 11 is 6.60. The van der Waals surface area contributed by atoms with Gasteiger partial charge in [0, 0.05) is 34.9 Å². The minimum Gasteiger partial charge on any atom is -0.480 e. The smallest absolute Gasteiger partial charge is 0.256 e. The molecule has 0 radical (unpaired) electrons. The molecule has 5 nitrogen and oxygen atoms in total. The van der Waals surface area contributed by atoms with Crippen molar-refractivity contribution in [2.75, 3.05) is 11.9 Å². The number of rotatable bonds is 1. The van der Waals surface area contributed by atoms with Gasteiger partial charge in [0.1, 0.15) is 17.4 Å². The second kappa shape index (κ2) is 8.00. The number of anilines is 1. The molecule has 8 heteroatoms. The van der Waals surface area contributed by atoms with E-state index in [-0.39, 0.29) is 33.7 Å². The summed E-state index contributed by atoms with van der Waals surface area (Å²) in [5, 5.41) is 16.9. The average molecular weight is 523 g/mol. The van der Waals surface area contributed by atoms with Crippen LogP contribution in [-0.2, 0) is 18.4 Å². The van der Waals surface area contributed by atoms with Gasteiger partial charge < -0.3 is 20.5 Å². The predicted octanol–water partition coefficient (Wildman–Crippen LogP) is 5.66. The number of nitrogens with one attached hydrogen (secondary N) is 2. The maximum absolute atomic E-state index is 16.5. The Labute approximate surface area is 217 Å². The fourth-order valence-electron chi connectivity index (χ4n) is 6.71. The van der Waals surface area contributed by atoms with E-state index in [1.807, 2.05) is 25.1 Å². The third-order valence-electron chi connectivity index (χ3n) is 8.53. The SMILES string of the molecule is C[C@H]1Cc2c(cc3c(c2F)-c2c(Cl)c(F)cc4c2C[C@]([C@@H]2CCCN2)(O4)c2cccc(c2)NC3=O)[C@@H]1O. The van der Waals surface area contributed by atoms with Gasteiger partial charge >= 0.3 is 0 Å². The molecule has 0 spiro atoms. The average Bonchev–Trinajstić information content (AvgIpc) is 3.60. The van der Waals surface area contributed by atoms with Gasteiger partial charge in [0.25, 0.3) is 5.91 Å². The van der Waals surface area contributed by atoms with Crippen LogP contribution in [-0.4, -0.2) is 23.6 Å². The first-order valence-corrected chi connectivity index (χ1v) is 13.0. The maximum atomic E-state index is 16.5. The zero-order valence-corrected chi connectivity index (χ0v) is 20.9. The molecule has 190 valence electrons. The zero-order chi connectivity index (χ0) is 25.6. The van der Waals surface area contributed by atoms with Crippen molar-refractivity contribution < 1.29 is 23.4 Å². The summed E-state index contributed by atoms with van der Waals surface area (Å²) in [6.07, 6.45) is 1.56. The molecule has 1 aliphatic carbocycles. The standard InChI is InChI=1S/C29H25ClF2N2O3/c1-13-8-16-17(27(13)35)10-18-24(26(16)32)23-19-12-29(22-6-3-7-33-22,37-21(19)11-20(31)25(23)30)14-4-2-5-15(9-14)34-28(18)36/h2,4-5,9-11,13,22,27,33,35H,3,6-8,12H2,1H3,(H,34,36)/t13-,22-,27+,29-/m0/s1. The van der Waals surface area contributed by atoms with Crippen molar-refractivity contribution in [1.29, 1.82) is 0 Å². The second-order valence-electron chi connectivity index (χ2n) is 10.7. The lowest BCUT2D eigenvalue weighted by molar-refractivity contribution is 0.0539. The molecule has 3 heterocycles. The Balaban J connectivity index is 1.58. The maximum Gasteiger partial charge on any atom is 0.256 e. The van der Waals surface area contributed by atoms with E-state index in [9.17, 15) is 9.90 Å². The number of hydrogen-bond donors (Lipinski definition) is 3. The van der Waals surface area contributed by atoms with E-state index in [1.54, 1.807) is 6.07 Å². The van der Waals surface area contributed by atoms with Crippen LogP contribution >= 0.6 is 11.6 Å². The quantitative estimate of drug-likeness (QED) is 0.386. The van der Waals surface area contributed by atoms with E-state index in [0.717, 1.165) is 24.9 Å². The van der Waals surface area contributed by atoms with Gasteiger partial charge in [-0.15, -0.1) is 0 Å². The van der Waals surface area contributed by atoms with E-state index in [0.29, 0.717) is 41.0 Å². The lowest BCUT2D eigenvalue weighted by atomic mass is 9.80. The lowest BCUT2D eigenvalue weighted by Crippen LogP contribution is -2.49. The molecule has 7 rings (SSSR count). The van der Waals surface area contributed by atoms with Crippen LogP contribution in [0.5, 0.6) is 5.75 Å². The van der Waals surface area contributed by atoms with Crippen LogP contribution in [0, 0.1) is 17.6 Å². The van der Waals surface area contributed by atoms with Crippen LogP contribution in [0.25, 0.3) is 11.1 Å². The zero-order valence-electron chi connectivity index (χ0n) is 20.1. The van der Waals surface area contributed by atoms with Crippen molar-refractivity contribution in [3.8, 4) is 16.9 Å². The largest absolute Gasteiger partial charge is 0.480 e. The summed E-state index contributed by atoms with van der Waals surface area (Å²) in [5.74, 6) is -1.86. The van der Waals surface area contributed by atoms with Gasteiger partial charge in [-0.1, -0.05) is 30.7 Å². The number of amides is 1. The monoisotopic (exact) mass is 522 g/mol. The highest BCUT2D eigenvalue weighted by molar-refractivity contribution is 6.34. The van der Waals surface area contributed by atoms with Gasteiger partial charge in [-0.3, -0.25) is 4.79 Å². The minimum absolute atomic E-state index is 0.00268. The number of aliphatic hydroxyl groups is 1. The number of ether oxygens (including phenoxy) is 1. The molecule has 0 saturated carbocycles. The Bertz CT molecular complexity index is 1500. The molecule has 0 unspecified atom stereocenters. The summed E-state index contributed by atoms with van der Waals surface area (Å²) in [7, 11) is 0. The van der Waals surface area contributed by atoms with E-state index < -0.39 is 29.2 Å². The van der Waals surface area contributed by atoms with Crippen LogP contribution < -0.4 is 15.4 Å². The number of carbonyl (C=O) groups is 1. The first-order valence-electron chi connectivity index (χ1n) is 12.7. The molecule has 3 aromatic carbocycles. The molecule has 1 amide bonds. The van der Waals surface area contributed by atoms with E-state index in [1.165, 1.54) is 12.1 Å². The van der Waals surface area contributed by atoms with Crippen molar-refractivity contribution in [3.05, 3.63) is 80.9 Å². The molecule has 1 saturated heterocycles. The summed E-state index contributed by atoms with van der Waals surface area (Å²) in [5.41, 5.74) is 1.88. The highest BCUT2D eigenvalue weighted by atomic mass is 35.5. The van der Waals surface area contributed by atoms with Crippen LogP contribution in [0.1, 0.15) is 58.5 Å². The molecule has 0 aromatic heterocycles. The van der Waals surface area contributed by atoms with Crippen molar-refractivity contribution >= 4 is 23.2 Å². The van der Waals surface area contributed by atoms with Gasteiger partial charge in [-0.25, -0.2) is 8.78 Å². The van der Waals surface area contributed by atoms with Crippen LogP contribution in [0.15, 0.2) is 36.4 Å². The molecular weight excluding hydrogens is 498 g/mol. The highest BCUT2D eigenvalue weighted by Crippen LogP contribution is 2.53. The molecule has 3 aliphatic heterocycles.